The highest BCUT2D eigenvalue weighted by atomic mass is 32.1. The molecule has 0 saturated heterocycles. The third-order valence-corrected chi connectivity index (χ3v) is 3.95. The van der Waals surface area contributed by atoms with Crippen molar-refractivity contribution in [2.45, 2.75) is 13.8 Å². The summed E-state index contributed by atoms with van der Waals surface area (Å²) in [5.41, 5.74) is 3.59. The number of rotatable bonds is 3. The SMILES string of the molecule is Cc1noc(C)c1/C=C/c1nc(-c2ccc(F)cc2)cs1. The zero-order chi connectivity index (χ0) is 14.8. The maximum absolute atomic E-state index is 12.9. The molecule has 0 atom stereocenters. The molecule has 0 N–H and O–H groups in total. The number of benzene rings is 1. The van der Waals surface area contributed by atoms with Crippen molar-refractivity contribution in [2.24, 2.45) is 0 Å². The minimum atomic E-state index is -0.243. The lowest BCUT2D eigenvalue weighted by Gasteiger charge is -1.95. The highest BCUT2D eigenvalue weighted by Gasteiger charge is 2.06. The Labute approximate surface area is 125 Å². The van der Waals surface area contributed by atoms with E-state index >= 15 is 0 Å². The Morgan fingerprint density at radius 3 is 2.57 bits per heavy atom. The van der Waals surface area contributed by atoms with E-state index in [-0.39, 0.29) is 5.82 Å². The summed E-state index contributed by atoms with van der Waals surface area (Å²) in [5, 5.41) is 6.75. The summed E-state index contributed by atoms with van der Waals surface area (Å²) in [6.07, 6.45) is 3.89. The number of aryl methyl sites for hydroxylation is 2. The quantitative estimate of drug-likeness (QED) is 0.702. The Balaban J connectivity index is 1.84. The van der Waals surface area contributed by atoms with Crippen LogP contribution in [0.3, 0.4) is 0 Å². The lowest BCUT2D eigenvalue weighted by atomic mass is 10.2. The van der Waals surface area contributed by atoms with Gasteiger partial charge in [-0.2, -0.15) is 0 Å². The molecule has 0 bridgehead atoms. The molecule has 2 aromatic heterocycles. The van der Waals surface area contributed by atoms with Crippen LogP contribution in [0.5, 0.6) is 0 Å². The van der Waals surface area contributed by atoms with Gasteiger partial charge in [0.25, 0.3) is 0 Å². The van der Waals surface area contributed by atoms with Crippen LogP contribution >= 0.6 is 11.3 Å². The smallest absolute Gasteiger partial charge is 0.141 e. The zero-order valence-electron chi connectivity index (χ0n) is 11.6. The topological polar surface area (TPSA) is 38.9 Å². The van der Waals surface area contributed by atoms with Crippen LogP contribution in [0.1, 0.15) is 22.0 Å². The molecule has 0 saturated carbocycles. The van der Waals surface area contributed by atoms with E-state index in [9.17, 15) is 4.39 Å². The van der Waals surface area contributed by atoms with Crippen LogP contribution in [0.4, 0.5) is 4.39 Å². The molecule has 3 aromatic rings. The Morgan fingerprint density at radius 2 is 1.90 bits per heavy atom. The molecule has 0 aliphatic carbocycles. The number of halogens is 1. The Kier molecular flexibility index (Phi) is 3.66. The number of hydrogen-bond donors (Lipinski definition) is 0. The summed E-state index contributed by atoms with van der Waals surface area (Å²) in [7, 11) is 0. The third kappa shape index (κ3) is 2.92. The predicted octanol–water partition coefficient (Wildman–Crippen LogP) is 4.72. The first-order valence-corrected chi connectivity index (χ1v) is 7.34. The molecular formula is C16H13FN2OS. The van der Waals surface area contributed by atoms with Gasteiger partial charge < -0.3 is 4.52 Å². The van der Waals surface area contributed by atoms with Crippen LogP contribution in [0.25, 0.3) is 23.4 Å². The van der Waals surface area contributed by atoms with Gasteiger partial charge in [0, 0.05) is 16.5 Å². The third-order valence-electron chi connectivity index (χ3n) is 3.14. The molecule has 21 heavy (non-hydrogen) atoms. The summed E-state index contributed by atoms with van der Waals surface area (Å²) in [4.78, 5) is 4.53. The van der Waals surface area contributed by atoms with Crippen molar-refractivity contribution in [3.63, 3.8) is 0 Å². The second-order valence-electron chi connectivity index (χ2n) is 4.65. The monoisotopic (exact) mass is 300 g/mol. The first-order valence-electron chi connectivity index (χ1n) is 6.46. The van der Waals surface area contributed by atoms with Gasteiger partial charge in [-0.1, -0.05) is 5.16 Å². The number of hydrogen-bond acceptors (Lipinski definition) is 4. The van der Waals surface area contributed by atoms with Crippen LogP contribution in [-0.2, 0) is 0 Å². The van der Waals surface area contributed by atoms with E-state index in [1.807, 2.05) is 31.4 Å². The number of thiazole rings is 1. The van der Waals surface area contributed by atoms with Gasteiger partial charge >= 0.3 is 0 Å². The van der Waals surface area contributed by atoms with Gasteiger partial charge in [0.05, 0.1) is 11.4 Å². The van der Waals surface area contributed by atoms with Crippen molar-refractivity contribution >= 4 is 23.5 Å². The molecule has 0 radical (unpaired) electrons. The van der Waals surface area contributed by atoms with Crippen LogP contribution in [0.15, 0.2) is 34.2 Å². The lowest BCUT2D eigenvalue weighted by Crippen LogP contribution is -1.80. The average Bonchev–Trinajstić information content (AvgIpc) is 3.06. The zero-order valence-corrected chi connectivity index (χ0v) is 12.4. The van der Waals surface area contributed by atoms with Crippen molar-refractivity contribution in [1.29, 1.82) is 0 Å². The second-order valence-corrected chi connectivity index (χ2v) is 5.54. The van der Waals surface area contributed by atoms with E-state index in [0.717, 1.165) is 33.3 Å². The van der Waals surface area contributed by atoms with Crippen molar-refractivity contribution in [1.82, 2.24) is 10.1 Å². The summed E-state index contributed by atoms with van der Waals surface area (Å²) in [6, 6.07) is 6.33. The fourth-order valence-corrected chi connectivity index (χ4v) is 2.72. The van der Waals surface area contributed by atoms with E-state index in [1.54, 1.807) is 12.1 Å². The Bertz CT molecular complexity index is 767. The van der Waals surface area contributed by atoms with Gasteiger partial charge in [0.1, 0.15) is 16.6 Å². The number of aromatic nitrogens is 2. The molecule has 0 aliphatic rings. The lowest BCUT2D eigenvalue weighted by molar-refractivity contribution is 0.393. The normalized spacial score (nSPS) is 11.4. The maximum Gasteiger partial charge on any atom is 0.141 e. The molecule has 0 spiro atoms. The average molecular weight is 300 g/mol. The predicted molar refractivity (Wildman–Crippen MR) is 82.4 cm³/mol. The Morgan fingerprint density at radius 1 is 1.14 bits per heavy atom. The molecule has 0 unspecified atom stereocenters. The fourth-order valence-electron chi connectivity index (χ4n) is 2.00. The standard InChI is InChI=1S/C16H13FN2OS/c1-10-14(11(2)20-19-10)7-8-16-18-15(9-21-16)12-3-5-13(17)6-4-12/h3-9H,1-2H3/b8-7+. The molecule has 2 heterocycles. The molecule has 1 aromatic carbocycles. The van der Waals surface area contributed by atoms with Gasteiger partial charge in [-0.3, -0.25) is 0 Å². The minimum absolute atomic E-state index is 0.243. The van der Waals surface area contributed by atoms with Gasteiger partial charge in [-0.15, -0.1) is 11.3 Å². The molecule has 5 heteroatoms. The summed E-state index contributed by atoms with van der Waals surface area (Å²) < 4.78 is 18.0. The van der Waals surface area contributed by atoms with Crippen LogP contribution in [0, 0.1) is 19.7 Å². The van der Waals surface area contributed by atoms with E-state index in [4.69, 9.17) is 4.52 Å². The van der Waals surface area contributed by atoms with E-state index in [0.29, 0.717) is 0 Å². The van der Waals surface area contributed by atoms with Crippen LogP contribution < -0.4 is 0 Å². The molecule has 106 valence electrons. The van der Waals surface area contributed by atoms with Gasteiger partial charge in [0.15, 0.2) is 0 Å². The van der Waals surface area contributed by atoms with Crippen molar-refractivity contribution in [3.8, 4) is 11.3 Å². The fraction of sp³-hybridized carbons (Fsp3) is 0.125. The van der Waals surface area contributed by atoms with Gasteiger partial charge in [-0.05, 0) is 50.3 Å². The summed E-state index contributed by atoms with van der Waals surface area (Å²) in [6.45, 7) is 3.79. The molecule has 0 amide bonds. The second kappa shape index (κ2) is 5.61. The van der Waals surface area contributed by atoms with Crippen molar-refractivity contribution < 1.29 is 8.91 Å². The molecule has 3 nitrogen and oxygen atoms in total. The van der Waals surface area contributed by atoms with E-state index < -0.39 is 0 Å². The van der Waals surface area contributed by atoms with Crippen LogP contribution in [-0.4, -0.2) is 10.1 Å². The Hall–Kier alpha value is -2.27. The maximum atomic E-state index is 12.9. The first-order chi connectivity index (χ1) is 10.1. The number of nitrogens with zero attached hydrogens (tertiary/aromatic N) is 2. The molecular weight excluding hydrogens is 287 g/mol. The van der Waals surface area contributed by atoms with Gasteiger partial charge in [0.2, 0.25) is 0 Å². The molecule has 0 aliphatic heterocycles. The first kappa shape index (κ1) is 13.7. The van der Waals surface area contributed by atoms with Crippen molar-refractivity contribution in [3.05, 3.63) is 57.5 Å². The van der Waals surface area contributed by atoms with Crippen molar-refractivity contribution in [2.75, 3.05) is 0 Å². The summed E-state index contributed by atoms with van der Waals surface area (Å²) >= 11 is 1.54. The highest BCUT2D eigenvalue weighted by molar-refractivity contribution is 7.10. The van der Waals surface area contributed by atoms with Gasteiger partial charge in [-0.25, -0.2) is 9.37 Å². The largest absolute Gasteiger partial charge is 0.361 e. The molecule has 3 rings (SSSR count). The highest BCUT2D eigenvalue weighted by Crippen LogP contribution is 2.24. The molecule has 0 fully saturated rings. The van der Waals surface area contributed by atoms with E-state index in [2.05, 4.69) is 10.1 Å². The summed E-state index contributed by atoms with van der Waals surface area (Å²) in [5.74, 6) is 0.548. The van der Waals surface area contributed by atoms with E-state index in [1.165, 1.54) is 23.5 Å². The van der Waals surface area contributed by atoms with Crippen LogP contribution in [0.2, 0.25) is 0 Å². The minimum Gasteiger partial charge on any atom is -0.361 e.